The third-order valence-corrected chi connectivity index (χ3v) is 2.48. The molecular weight excluding hydrogens is 192 g/mol. The van der Waals surface area contributed by atoms with Gasteiger partial charge < -0.3 is 14.5 Å². The zero-order chi connectivity index (χ0) is 10.7. The third-order valence-electron chi connectivity index (χ3n) is 2.48. The van der Waals surface area contributed by atoms with E-state index in [1.54, 1.807) is 6.20 Å². The molecular formula is C11H18N2O2. The Morgan fingerprint density at radius 2 is 2.47 bits per heavy atom. The van der Waals surface area contributed by atoms with Crippen molar-refractivity contribution in [1.29, 1.82) is 0 Å². The molecule has 4 nitrogen and oxygen atoms in total. The lowest BCUT2D eigenvalue weighted by Gasteiger charge is -2.05. The van der Waals surface area contributed by atoms with Crippen LogP contribution >= 0.6 is 0 Å². The summed E-state index contributed by atoms with van der Waals surface area (Å²) in [7, 11) is 0. The summed E-state index contributed by atoms with van der Waals surface area (Å²) in [6.45, 7) is 5.73. The molecule has 1 aliphatic rings. The first-order chi connectivity index (χ1) is 7.25. The molecule has 1 unspecified atom stereocenters. The molecule has 0 saturated carbocycles. The van der Waals surface area contributed by atoms with Gasteiger partial charge in [-0.05, 0) is 12.8 Å². The average Bonchev–Trinajstić information content (AvgIpc) is 2.85. The van der Waals surface area contributed by atoms with Crippen molar-refractivity contribution in [2.75, 3.05) is 6.61 Å². The van der Waals surface area contributed by atoms with Crippen LogP contribution in [0.2, 0.25) is 0 Å². The van der Waals surface area contributed by atoms with Gasteiger partial charge in [0.25, 0.3) is 0 Å². The van der Waals surface area contributed by atoms with Crippen molar-refractivity contribution in [3.8, 4) is 0 Å². The van der Waals surface area contributed by atoms with E-state index in [1.165, 1.54) is 0 Å². The van der Waals surface area contributed by atoms with E-state index in [1.807, 2.05) is 0 Å². The van der Waals surface area contributed by atoms with Crippen LogP contribution in [0.25, 0.3) is 0 Å². The summed E-state index contributed by atoms with van der Waals surface area (Å²) >= 11 is 0. The van der Waals surface area contributed by atoms with E-state index in [4.69, 9.17) is 9.15 Å². The summed E-state index contributed by atoms with van der Waals surface area (Å²) < 4.78 is 11.1. The van der Waals surface area contributed by atoms with Crippen LogP contribution in [0.5, 0.6) is 0 Å². The molecule has 0 radical (unpaired) electrons. The van der Waals surface area contributed by atoms with Gasteiger partial charge in [-0.25, -0.2) is 4.98 Å². The van der Waals surface area contributed by atoms with Crippen LogP contribution in [0, 0.1) is 0 Å². The fraction of sp³-hybridized carbons (Fsp3) is 0.727. The van der Waals surface area contributed by atoms with Crippen molar-refractivity contribution in [3.63, 3.8) is 0 Å². The van der Waals surface area contributed by atoms with Gasteiger partial charge in [0.1, 0.15) is 6.10 Å². The number of nitrogens with zero attached hydrogens (tertiary/aromatic N) is 1. The maximum absolute atomic E-state index is 5.62. The molecule has 84 valence electrons. The Hall–Kier alpha value is -0.870. The van der Waals surface area contributed by atoms with Crippen LogP contribution in [-0.2, 0) is 11.3 Å². The van der Waals surface area contributed by atoms with Crippen molar-refractivity contribution >= 4 is 0 Å². The Bertz CT molecular complexity index is 303. The van der Waals surface area contributed by atoms with Gasteiger partial charge in [-0.1, -0.05) is 13.8 Å². The number of hydrogen-bond donors (Lipinski definition) is 1. The van der Waals surface area contributed by atoms with Crippen molar-refractivity contribution in [2.24, 2.45) is 0 Å². The molecule has 0 bridgehead atoms. The van der Waals surface area contributed by atoms with Gasteiger partial charge in [0.05, 0.1) is 12.7 Å². The Kier molecular flexibility index (Phi) is 3.38. The standard InChI is InChI=1S/C11H18N2O2/c1-8(2)12-7-11-13-6-10(15-11)9-4-3-5-14-9/h6,8-9,12H,3-5,7H2,1-2H3. The Balaban J connectivity index is 1.91. The van der Waals surface area contributed by atoms with E-state index in [2.05, 4.69) is 24.1 Å². The lowest BCUT2D eigenvalue weighted by atomic mass is 10.2. The quantitative estimate of drug-likeness (QED) is 0.826. The first-order valence-electron chi connectivity index (χ1n) is 5.55. The third kappa shape index (κ3) is 2.79. The van der Waals surface area contributed by atoms with Gasteiger partial charge in [-0.3, -0.25) is 0 Å². The first kappa shape index (κ1) is 10.6. The smallest absolute Gasteiger partial charge is 0.208 e. The highest BCUT2D eigenvalue weighted by molar-refractivity contribution is 4.99. The Morgan fingerprint density at radius 3 is 3.13 bits per heavy atom. The van der Waals surface area contributed by atoms with Gasteiger partial charge in [-0.2, -0.15) is 0 Å². The van der Waals surface area contributed by atoms with Gasteiger partial charge in [0, 0.05) is 12.6 Å². The van der Waals surface area contributed by atoms with Crippen molar-refractivity contribution < 1.29 is 9.15 Å². The molecule has 1 fully saturated rings. The molecule has 0 spiro atoms. The summed E-state index contributed by atoms with van der Waals surface area (Å²) in [5.74, 6) is 1.61. The van der Waals surface area contributed by atoms with E-state index < -0.39 is 0 Å². The van der Waals surface area contributed by atoms with Crippen molar-refractivity contribution in [1.82, 2.24) is 10.3 Å². The molecule has 1 aromatic heterocycles. The number of nitrogens with one attached hydrogen (secondary N) is 1. The highest BCUT2D eigenvalue weighted by atomic mass is 16.5. The van der Waals surface area contributed by atoms with E-state index in [-0.39, 0.29) is 6.10 Å². The van der Waals surface area contributed by atoms with E-state index in [9.17, 15) is 0 Å². The summed E-state index contributed by atoms with van der Waals surface area (Å²) in [6, 6.07) is 0.447. The molecule has 4 heteroatoms. The number of rotatable bonds is 4. The lowest BCUT2D eigenvalue weighted by molar-refractivity contribution is 0.0923. The van der Waals surface area contributed by atoms with Crippen molar-refractivity contribution in [3.05, 3.63) is 17.8 Å². The molecule has 0 aliphatic carbocycles. The van der Waals surface area contributed by atoms with E-state index in [0.717, 1.165) is 31.1 Å². The van der Waals surface area contributed by atoms with E-state index >= 15 is 0 Å². The molecule has 2 heterocycles. The molecule has 0 amide bonds. The van der Waals surface area contributed by atoms with Gasteiger partial charge >= 0.3 is 0 Å². The van der Waals surface area contributed by atoms with Crippen LogP contribution < -0.4 is 5.32 Å². The van der Waals surface area contributed by atoms with Crippen LogP contribution in [0.3, 0.4) is 0 Å². The van der Waals surface area contributed by atoms with Crippen molar-refractivity contribution in [2.45, 2.75) is 45.4 Å². The molecule has 15 heavy (non-hydrogen) atoms. The second-order valence-electron chi connectivity index (χ2n) is 4.19. The van der Waals surface area contributed by atoms with E-state index in [0.29, 0.717) is 12.6 Å². The molecule has 2 rings (SSSR count). The fourth-order valence-electron chi connectivity index (χ4n) is 1.65. The minimum atomic E-state index is 0.130. The predicted molar refractivity (Wildman–Crippen MR) is 56.4 cm³/mol. The zero-order valence-corrected chi connectivity index (χ0v) is 9.32. The average molecular weight is 210 g/mol. The SMILES string of the molecule is CC(C)NCc1ncc(C2CCCO2)o1. The molecule has 1 N–H and O–H groups in total. The van der Waals surface area contributed by atoms with Gasteiger partial charge in [-0.15, -0.1) is 0 Å². The second kappa shape index (κ2) is 4.77. The minimum Gasteiger partial charge on any atom is -0.442 e. The molecule has 1 aliphatic heterocycles. The second-order valence-corrected chi connectivity index (χ2v) is 4.19. The largest absolute Gasteiger partial charge is 0.442 e. The predicted octanol–water partition coefficient (Wildman–Crippen LogP) is 2.02. The fourth-order valence-corrected chi connectivity index (χ4v) is 1.65. The normalized spacial score (nSPS) is 21.4. The van der Waals surface area contributed by atoms with Crippen LogP contribution in [0.15, 0.2) is 10.6 Å². The van der Waals surface area contributed by atoms with Crippen LogP contribution in [0.4, 0.5) is 0 Å². The zero-order valence-electron chi connectivity index (χ0n) is 9.32. The maximum atomic E-state index is 5.62. The summed E-state index contributed by atoms with van der Waals surface area (Å²) in [5.41, 5.74) is 0. The number of aromatic nitrogens is 1. The number of oxazole rings is 1. The van der Waals surface area contributed by atoms with Gasteiger partial charge in [0.2, 0.25) is 5.89 Å². The topological polar surface area (TPSA) is 47.3 Å². The highest BCUT2D eigenvalue weighted by Gasteiger charge is 2.21. The first-order valence-corrected chi connectivity index (χ1v) is 5.55. The lowest BCUT2D eigenvalue weighted by Crippen LogP contribution is -2.21. The molecule has 0 aromatic carbocycles. The van der Waals surface area contributed by atoms with Crippen LogP contribution in [-0.4, -0.2) is 17.6 Å². The van der Waals surface area contributed by atoms with Gasteiger partial charge in [0.15, 0.2) is 5.76 Å². The molecule has 1 saturated heterocycles. The Labute approximate surface area is 90.0 Å². The number of ether oxygens (including phenoxy) is 1. The molecule has 1 aromatic rings. The van der Waals surface area contributed by atoms with Crippen LogP contribution in [0.1, 0.15) is 44.4 Å². The summed E-state index contributed by atoms with van der Waals surface area (Å²) in [4.78, 5) is 4.22. The highest BCUT2D eigenvalue weighted by Crippen LogP contribution is 2.28. The summed E-state index contributed by atoms with van der Waals surface area (Å²) in [5, 5.41) is 3.27. The number of hydrogen-bond acceptors (Lipinski definition) is 4. The maximum Gasteiger partial charge on any atom is 0.208 e. The summed E-state index contributed by atoms with van der Waals surface area (Å²) in [6.07, 6.45) is 4.08. The molecule has 1 atom stereocenters. The Morgan fingerprint density at radius 1 is 1.60 bits per heavy atom. The monoisotopic (exact) mass is 210 g/mol. The minimum absolute atomic E-state index is 0.130.